The smallest absolute Gasteiger partial charge is 0.333 e. The van der Waals surface area contributed by atoms with Crippen molar-refractivity contribution >= 4 is 11.9 Å². The number of aromatic nitrogens is 2. The Morgan fingerprint density at radius 3 is 1.51 bits per heavy atom. The highest BCUT2D eigenvalue weighted by molar-refractivity contribution is 5.71. The average Bonchev–Trinajstić information content (AvgIpc) is 3.62. The SMILES string of the molecule is CCCCC.CCCCCCCCC(CCCCCC)OC(=O)CO[C@H]1C[C@H](n2ccc(=O)n(CC(=O)OC(CCCCCC)CCCCCCCC)c2=O)O[C@@H]1CN(C)C. The van der Waals surface area contributed by atoms with Gasteiger partial charge in [0.1, 0.15) is 31.6 Å². The van der Waals surface area contributed by atoms with Gasteiger partial charge in [-0.1, -0.05) is 164 Å². The monoisotopic (exact) mass is 864 g/mol. The van der Waals surface area contributed by atoms with Gasteiger partial charge in [0.15, 0.2) is 0 Å². The zero-order chi connectivity index (χ0) is 45.1. The van der Waals surface area contributed by atoms with Gasteiger partial charge in [0.05, 0.1) is 12.2 Å². The van der Waals surface area contributed by atoms with Gasteiger partial charge in [-0.15, -0.1) is 0 Å². The molecule has 0 aromatic carbocycles. The minimum Gasteiger partial charge on any atom is -0.461 e. The summed E-state index contributed by atoms with van der Waals surface area (Å²) in [6.07, 6.45) is 30.0. The van der Waals surface area contributed by atoms with Crippen molar-refractivity contribution in [3.8, 4) is 0 Å². The Hall–Kier alpha value is -2.50. The topological polar surface area (TPSA) is 118 Å². The number of carbonyl (C=O) groups excluding carboxylic acids is 2. The van der Waals surface area contributed by atoms with Gasteiger partial charge in [-0.3, -0.25) is 14.2 Å². The zero-order valence-corrected chi connectivity index (χ0v) is 40.6. The summed E-state index contributed by atoms with van der Waals surface area (Å²) in [7, 11) is 3.85. The molecule has 1 saturated heterocycles. The van der Waals surface area contributed by atoms with E-state index >= 15 is 0 Å². The summed E-state index contributed by atoms with van der Waals surface area (Å²) in [5.41, 5.74) is -1.21. The fourth-order valence-corrected chi connectivity index (χ4v) is 7.99. The number of esters is 2. The minimum atomic E-state index is -0.741. The summed E-state index contributed by atoms with van der Waals surface area (Å²) in [6.45, 7) is 13.1. The van der Waals surface area contributed by atoms with Crippen molar-refractivity contribution in [3.63, 3.8) is 0 Å². The summed E-state index contributed by atoms with van der Waals surface area (Å²) in [6, 6.07) is 1.29. The lowest BCUT2D eigenvalue weighted by molar-refractivity contribution is -0.158. The second-order valence-corrected chi connectivity index (χ2v) is 17.8. The molecule has 2 heterocycles. The predicted octanol–water partition coefficient (Wildman–Crippen LogP) is 11.7. The Balaban J connectivity index is 0.00000350. The van der Waals surface area contributed by atoms with E-state index in [4.69, 9.17) is 18.9 Å². The van der Waals surface area contributed by atoms with Gasteiger partial charge in [-0.05, 0) is 65.5 Å². The summed E-state index contributed by atoms with van der Waals surface area (Å²) in [4.78, 5) is 55.1. The lowest BCUT2D eigenvalue weighted by Gasteiger charge is -2.23. The Bertz CT molecular complexity index is 1340. The molecule has 11 nitrogen and oxygen atoms in total. The third-order valence-corrected chi connectivity index (χ3v) is 11.7. The normalized spacial score (nSPS) is 17.2. The standard InChI is InChI=1S/C45H81N3O8.C5H12/c1-7-11-15-19-21-25-29-37(27-23-17-13-9-3)54-43(50)35-48-41(49)31-32-47(45(48)52)42-33-39(40(56-42)34-46(5)6)53-36-44(51)55-38(28-24-18-14-10-4)30-26-22-20-16-12-8-2;1-3-5-4-2/h31-32,37-40,42H,7-30,33-36H2,1-6H3;3-5H2,1-2H3/t37?,38?,39-,40+,42+;/m0./s1. The van der Waals surface area contributed by atoms with Crippen LogP contribution < -0.4 is 11.2 Å². The molecule has 1 aliphatic rings. The van der Waals surface area contributed by atoms with Crippen LogP contribution in [0.25, 0.3) is 0 Å². The van der Waals surface area contributed by atoms with Crippen molar-refractivity contribution in [1.29, 1.82) is 0 Å². The third kappa shape index (κ3) is 26.7. The summed E-state index contributed by atoms with van der Waals surface area (Å²) in [5, 5.41) is 0. The first-order valence-electron chi connectivity index (χ1n) is 25.2. The lowest BCUT2D eigenvalue weighted by atomic mass is 10.0. The van der Waals surface area contributed by atoms with Crippen LogP contribution in [-0.4, -0.2) is 77.6 Å². The van der Waals surface area contributed by atoms with E-state index in [-0.39, 0.29) is 24.8 Å². The maximum atomic E-state index is 13.8. The summed E-state index contributed by atoms with van der Waals surface area (Å²) in [5.74, 6) is -0.959. The highest BCUT2D eigenvalue weighted by atomic mass is 16.6. The number of hydrogen-bond acceptors (Lipinski definition) is 9. The van der Waals surface area contributed by atoms with Gasteiger partial charge < -0.3 is 23.8 Å². The molecule has 1 aliphatic heterocycles. The molecule has 5 atom stereocenters. The van der Waals surface area contributed by atoms with E-state index in [0.29, 0.717) is 13.0 Å². The highest BCUT2D eigenvalue weighted by Gasteiger charge is 2.38. The summed E-state index contributed by atoms with van der Waals surface area (Å²) < 4.78 is 26.7. The Kier molecular flexibility index (Phi) is 34.2. The molecule has 1 aromatic heterocycles. The fourth-order valence-electron chi connectivity index (χ4n) is 7.99. The number of likely N-dealkylation sites (N-methyl/N-ethyl adjacent to an activating group) is 1. The molecule has 356 valence electrons. The first kappa shape index (κ1) is 56.5. The van der Waals surface area contributed by atoms with Gasteiger partial charge in [0.25, 0.3) is 5.56 Å². The van der Waals surface area contributed by atoms with Gasteiger partial charge in [0, 0.05) is 25.2 Å². The molecule has 0 bridgehead atoms. The van der Waals surface area contributed by atoms with Crippen LogP contribution in [0.5, 0.6) is 0 Å². The fraction of sp³-hybridized carbons (Fsp3) is 0.880. The molecule has 2 unspecified atom stereocenters. The highest BCUT2D eigenvalue weighted by Crippen LogP contribution is 2.30. The first-order valence-corrected chi connectivity index (χ1v) is 25.2. The molecule has 61 heavy (non-hydrogen) atoms. The molecule has 0 spiro atoms. The quantitative estimate of drug-likeness (QED) is 0.0480. The van der Waals surface area contributed by atoms with Crippen LogP contribution in [0.15, 0.2) is 21.9 Å². The number of hydrogen-bond donors (Lipinski definition) is 0. The zero-order valence-electron chi connectivity index (χ0n) is 40.6. The second-order valence-electron chi connectivity index (χ2n) is 17.8. The van der Waals surface area contributed by atoms with E-state index in [1.807, 2.05) is 19.0 Å². The molecule has 0 aliphatic carbocycles. The van der Waals surface area contributed by atoms with Crippen LogP contribution in [0.2, 0.25) is 0 Å². The van der Waals surface area contributed by atoms with Crippen LogP contribution in [0.4, 0.5) is 0 Å². The van der Waals surface area contributed by atoms with Crippen molar-refractivity contribution in [2.45, 2.75) is 259 Å². The number of ether oxygens (including phenoxy) is 4. The lowest BCUT2D eigenvalue weighted by Crippen LogP contribution is -2.42. The van der Waals surface area contributed by atoms with Gasteiger partial charge in [-0.25, -0.2) is 14.2 Å². The molecule has 2 rings (SSSR count). The van der Waals surface area contributed by atoms with Crippen LogP contribution in [0, 0.1) is 0 Å². The molecule has 0 saturated carbocycles. The van der Waals surface area contributed by atoms with Crippen molar-refractivity contribution < 1.29 is 28.5 Å². The number of nitrogens with zero attached hydrogens (tertiary/aromatic N) is 3. The maximum absolute atomic E-state index is 13.8. The number of carbonyl (C=O) groups is 2. The van der Waals surface area contributed by atoms with E-state index < -0.39 is 42.2 Å². The van der Waals surface area contributed by atoms with Crippen molar-refractivity contribution in [2.24, 2.45) is 0 Å². The molecule has 0 N–H and O–H groups in total. The Labute approximate surface area is 372 Å². The van der Waals surface area contributed by atoms with Gasteiger partial charge in [0.2, 0.25) is 0 Å². The van der Waals surface area contributed by atoms with Crippen molar-refractivity contribution in [3.05, 3.63) is 33.1 Å². The molecule has 0 radical (unpaired) electrons. The van der Waals surface area contributed by atoms with Crippen LogP contribution in [0.3, 0.4) is 0 Å². The van der Waals surface area contributed by atoms with Gasteiger partial charge in [-0.2, -0.15) is 0 Å². The van der Waals surface area contributed by atoms with Gasteiger partial charge >= 0.3 is 17.6 Å². The van der Waals surface area contributed by atoms with Crippen molar-refractivity contribution in [1.82, 2.24) is 14.0 Å². The first-order chi connectivity index (χ1) is 29.5. The van der Waals surface area contributed by atoms with Crippen molar-refractivity contribution in [2.75, 3.05) is 27.2 Å². The third-order valence-electron chi connectivity index (χ3n) is 11.7. The second kappa shape index (κ2) is 36.9. The predicted molar refractivity (Wildman–Crippen MR) is 250 cm³/mol. The Morgan fingerprint density at radius 2 is 1.07 bits per heavy atom. The van der Waals surface area contributed by atoms with E-state index in [2.05, 4.69) is 41.5 Å². The maximum Gasteiger partial charge on any atom is 0.333 e. The summed E-state index contributed by atoms with van der Waals surface area (Å²) >= 11 is 0. The van der Waals surface area contributed by atoms with Crippen LogP contribution in [0.1, 0.15) is 228 Å². The van der Waals surface area contributed by atoms with Crippen LogP contribution >= 0.6 is 0 Å². The number of rotatable bonds is 36. The molecular formula is C50H93N3O8. The van der Waals surface area contributed by atoms with E-state index in [1.54, 1.807) is 0 Å². The number of unbranched alkanes of at least 4 members (excludes halogenated alkanes) is 18. The van der Waals surface area contributed by atoms with E-state index in [0.717, 1.165) is 101 Å². The minimum absolute atomic E-state index is 0.113. The largest absolute Gasteiger partial charge is 0.461 e. The molecule has 1 fully saturated rings. The average molecular weight is 864 g/mol. The molecule has 1 aromatic rings. The Morgan fingerprint density at radius 1 is 0.639 bits per heavy atom. The van der Waals surface area contributed by atoms with Crippen LogP contribution in [-0.2, 0) is 35.1 Å². The molecule has 11 heteroatoms. The molecular weight excluding hydrogens is 771 g/mol. The van der Waals surface area contributed by atoms with E-state index in [1.165, 1.54) is 93.9 Å². The molecule has 0 amide bonds. The van der Waals surface area contributed by atoms with E-state index in [9.17, 15) is 19.2 Å².